The third kappa shape index (κ3) is 3.39. The number of nitrogens with one attached hydrogen (secondary N) is 1. The number of carbonyl (C=O) groups excluding carboxylic acids is 3. The first-order valence-corrected chi connectivity index (χ1v) is 8.26. The lowest BCUT2D eigenvalue weighted by Crippen LogP contribution is -2.54. The van der Waals surface area contributed by atoms with Gasteiger partial charge in [-0.1, -0.05) is 12.1 Å². The zero-order valence-electron chi connectivity index (χ0n) is 15.5. The van der Waals surface area contributed by atoms with E-state index in [4.69, 9.17) is 14.2 Å². The van der Waals surface area contributed by atoms with Gasteiger partial charge in [-0.2, -0.15) is 0 Å². The van der Waals surface area contributed by atoms with E-state index >= 15 is 0 Å². The van der Waals surface area contributed by atoms with Crippen molar-refractivity contribution in [2.45, 2.75) is 0 Å². The number of para-hydroxylation sites is 1. The van der Waals surface area contributed by atoms with Crippen molar-refractivity contribution in [3.05, 3.63) is 53.6 Å². The van der Waals surface area contributed by atoms with Gasteiger partial charge in [0, 0.05) is 5.56 Å². The minimum absolute atomic E-state index is 0.207. The molecule has 3 rings (SSSR count). The molecule has 0 radical (unpaired) electrons. The third-order valence-electron chi connectivity index (χ3n) is 4.17. The number of hydrogen-bond donors (Lipinski definition) is 1. The highest BCUT2D eigenvalue weighted by Gasteiger charge is 2.37. The summed E-state index contributed by atoms with van der Waals surface area (Å²) in [5.41, 5.74) is 0.561. The molecule has 1 fully saturated rings. The summed E-state index contributed by atoms with van der Waals surface area (Å²) in [5.74, 6) is -0.149. The van der Waals surface area contributed by atoms with Crippen molar-refractivity contribution in [3.8, 4) is 17.2 Å². The molecule has 28 heavy (non-hydrogen) atoms. The van der Waals surface area contributed by atoms with Gasteiger partial charge in [0.05, 0.1) is 27.0 Å². The number of amides is 4. The summed E-state index contributed by atoms with van der Waals surface area (Å²) in [4.78, 5) is 38.4. The highest BCUT2D eigenvalue weighted by Crippen LogP contribution is 2.33. The Kier molecular flexibility index (Phi) is 5.30. The molecule has 4 amide bonds. The first-order valence-electron chi connectivity index (χ1n) is 8.26. The molecule has 1 aliphatic heterocycles. The lowest BCUT2D eigenvalue weighted by atomic mass is 10.1. The summed E-state index contributed by atoms with van der Waals surface area (Å²) in [6, 6.07) is 10.6. The van der Waals surface area contributed by atoms with E-state index in [1.165, 1.54) is 27.4 Å². The molecule has 1 aliphatic rings. The fourth-order valence-electron chi connectivity index (χ4n) is 2.80. The Morgan fingerprint density at radius 1 is 0.893 bits per heavy atom. The molecule has 1 heterocycles. The molecule has 2 aromatic rings. The fourth-order valence-corrected chi connectivity index (χ4v) is 2.80. The summed E-state index contributed by atoms with van der Waals surface area (Å²) in [6.07, 6.45) is 1.36. The van der Waals surface area contributed by atoms with E-state index in [1.54, 1.807) is 42.5 Å². The molecule has 2 aromatic carbocycles. The zero-order chi connectivity index (χ0) is 20.3. The van der Waals surface area contributed by atoms with Crippen LogP contribution in [0.4, 0.5) is 10.5 Å². The number of nitrogens with zero attached hydrogens (tertiary/aromatic N) is 1. The van der Waals surface area contributed by atoms with Gasteiger partial charge in [-0.15, -0.1) is 0 Å². The molecular weight excluding hydrogens is 364 g/mol. The number of rotatable bonds is 5. The average Bonchev–Trinajstić information content (AvgIpc) is 2.71. The molecule has 0 aromatic heterocycles. The van der Waals surface area contributed by atoms with Crippen LogP contribution in [0.1, 0.15) is 5.56 Å². The lowest BCUT2D eigenvalue weighted by Gasteiger charge is -2.26. The van der Waals surface area contributed by atoms with Crippen molar-refractivity contribution in [3.63, 3.8) is 0 Å². The Balaban J connectivity index is 2.04. The standard InChI is InChI=1S/C20H18N2O6/c1-26-14-9-7-13(8-10-14)22-19(24)15(18(23)21-20(22)25)11-12-5-4-6-16(27-2)17(12)28-3/h4-11H,1-3H3,(H,21,23,25)/b15-11-. The summed E-state index contributed by atoms with van der Waals surface area (Å²) < 4.78 is 15.6. The summed E-state index contributed by atoms with van der Waals surface area (Å²) >= 11 is 0. The number of urea groups is 1. The number of carbonyl (C=O) groups is 3. The van der Waals surface area contributed by atoms with E-state index in [9.17, 15) is 14.4 Å². The van der Waals surface area contributed by atoms with Crippen LogP contribution in [0.5, 0.6) is 17.2 Å². The molecule has 1 N–H and O–H groups in total. The van der Waals surface area contributed by atoms with Crippen molar-refractivity contribution in [1.29, 1.82) is 0 Å². The molecule has 0 spiro atoms. The average molecular weight is 382 g/mol. The van der Waals surface area contributed by atoms with Gasteiger partial charge in [0.15, 0.2) is 11.5 Å². The number of imide groups is 2. The Bertz CT molecular complexity index is 965. The van der Waals surface area contributed by atoms with E-state index in [0.717, 1.165) is 4.90 Å². The number of barbiturate groups is 1. The predicted octanol–water partition coefficient (Wildman–Crippen LogP) is 2.38. The molecule has 0 aliphatic carbocycles. The molecule has 144 valence electrons. The van der Waals surface area contributed by atoms with E-state index in [1.807, 2.05) is 0 Å². The minimum atomic E-state index is -0.824. The Hall–Kier alpha value is -3.81. The Morgan fingerprint density at radius 3 is 2.21 bits per heavy atom. The van der Waals surface area contributed by atoms with Crippen LogP contribution in [0.15, 0.2) is 48.0 Å². The second-order valence-corrected chi connectivity index (χ2v) is 5.74. The molecule has 1 saturated heterocycles. The van der Waals surface area contributed by atoms with Gasteiger partial charge >= 0.3 is 6.03 Å². The second kappa shape index (κ2) is 7.83. The van der Waals surface area contributed by atoms with Crippen LogP contribution in [-0.2, 0) is 9.59 Å². The highest BCUT2D eigenvalue weighted by molar-refractivity contribution is 6.39. The molecule has 8 nitrogen and oxygen atoms in total. The zero-order valence-corrected chi connectivity index (χ0v) is 15.5. The van der Waals surface area contributed by atoms with E-state index in [2.05, 4.69) is 5.32 Å². The summed E-state index contributed by atoms with van der Waals surface area (Å²) in [7, 11) is 4.45. The lowest BCUT2D eigenvalue weighted by molar-refractivity contribution is -0.122. The summed E-state index contributed by atoms with van der Waals surface area (Å²) in [6.45, 7) is 0. The first kappa shape index (κ1) is 19.0. The molecule has 8 heteroatoms. The number of methoxy groups -OCH3 is 3. The maximum absolute atomic E-state index is 12.9. The van der Waals surface area contributed by atoms with Gasteiger partial charge in [0.2, 0.25) is 0 Å². The molecule has 0 unspecified atom stereocenters. The molecular formula is C20H18N2O6. The van der Waals surface area contributed by atoms with Crippen LogP contribution < -0.4 is 24.4 Å². The number of hydrogen-bond acceptors (Lipinski definition) is 6. The van der Waals surface area contributed by atoms with Crippen LogP contribution in [0.25, 0.3) is 6.08 Å². The molecule has 0 atom stereocenters. The maximum atomic E-state index is 12.9. The third-order valence-corrected chi connectivity index (χ3v) is 4.17. The van der Waals surface area contributed by atoms with Crippen LogP contribution in [0.3, 0.4) is 0 Å². The van der Waals surface area contributed by atoms with Gasteiger partial charge < -0.3 is 14.2 Å². The topological polar surface area (TPSA) is 94.2 Å². The SMILES string of the molecule is COc1ccc(N2C(=O)NC(=O)/C(=C/c3cccc(OC)c3OC)C2=O)cc1. The first-order chi connectivity index (χ1) is 13.5. The number of anilines is 1. The number of benzene rings is 2. The smallest absolute Gasteiger partial charge is 0.335 e. The maximum Gasteiger partial charge on any atom is 0.335 e. The van der Waals surface area contributed by atoms with Crippen molar-refractivity contribution < 1.29 is 28.6 Å². The fraction of sp³-hybridized carbons (Fsp3) is 0.150. The van der Waals surface area contributed by atoms with Crippen molar-refractivity contribution >= 4 is 29.6 Å². The van der Waals surface area contributed by atoms with Crippen LogP contribution in [0, 0.1) is 0 Å². The normalized spacial score (nSPS) is 15.5. The van der Waals surface area contributed by atoms with Gasteiger partial charge in [-0.05, 0) is 36.4 Å². The molecule has 0 saturated carbocycles. The minimum Gasteiger partial charge on any atom is -0.497 e. The Morgan fingerprint density at radius 2 is 1.61 bits per heavy atom. The Labute approximate surface area is 161 Å². The largest absolute Gasteiger partial charge is 0.497 e. The van der Waals surface area contributed by atoms with Gasteiger partial charge in [0.25, 0.3) is 11.8 Å². The number of ether oxygens (including phenoxy) is 3. The van der Waals surface area contributed by atoms with Gasteiger partial charge in [0.1, 0.15) is 11.3 Å². The van der Waals surface area contributed by atoms with Gasteiger partial charge in [-0.3, -0.25) is 14.9 Å². The molecule has 0 bridgehead atoms. The van der Waals surface area contributed by atoms with Crippen molar-refractivity contribution in [2.24, 2.45) is 0 Å². The van der Waals surface area contributed by atoms with Crippen molar-refractivity contribution in [1.82, 2.24) is 5.32 Å². The predicted molar refractivity (Wildman–Crippen MR) is 102 cm³/mol. The highest BCUT2D eigenvalue weighted by atomic mass is 16.5. The van der Waals surface area contributed by atoms with Crippen LogP contribution in [-0.4, -0.2) is 39.2 Å². The summed E-state index contributed by atoms with van der Waals surface area (Å²) in [5, 5.41) is 2.18. The van der Waals surface area contributed by atoms with Crippen LogP contribution in [0.2, 0.25) is 0 Å². The second-order valence-electron chi connectivity index (χ2n) is 5.74. The van der Waals surface area contributed by atoms with E-state index in [-0.39, 0.29) is 5.57 Å². The van der Waals surface area contributed by atoms with E-state index < -0.39 is 17.8 Å². The quantitative estimate of drug-likeness (QED) is 0.630. The van der Waals surface area contributed by atoms with Crippen LogP contribution >= 0.6 is 0 Å². The monoisotopic (exact) mass is 382 g/mol. The van der Waals surface area contributed by atoms with Gasteiger partial charge in [-0.25, -0.2) is 9.69 Å². The van der Waals surface area contributed by atoms with E-state index in [0.29, 0.717) is 28.5 Å². The van der Waals surface area contributed by atoms with Crippen molar-refractivity contribution in [2.75, 3.05) is 26.2 Å².